The van der Waals surface area contributed by atoms with Crippen molar-refractivity contribution >= 4 is 26.5 Å². The lowest BCUT2D eigenvalue weighted by atomic mass is 10.2. The maximum atomic E-state index is 11.7. The highest BCUT2D eigenvalue weighted by Gasteiger charge is 2.32. The Morgan fingerprint density at radius 1 is 0.727 bits per heavy atom. The lowest BCUT2D eigenvalue weighted by molar-refractivity contribution is -0.144. The Balaban J connectivity index is 4.86. The first-order chi connectivity index (χ1) is 10.3. The molecule has 128 valence electrons. The van der Waals surface area contributed by atoms with Gasteiger partial charge >= 0.3 is 26.5 Å². The molecule has 0 saturated heterocycles. The summed E-state index contributed by atoms with van der Waals surface area (Å²) in [7, 11) is -2.58. The summed E-state index contributed by atoms with van der Waals surface area (Å²) in [5.74, 6) is -2.53. The molecular formula is C12H24N3O6P. The van der Waals surface area contributed by atoms with Gasteiger partial charge < -0.3 is 30.8 Å². The van der Waals surface area contributed by atoms with Gasteiger partial charge in [-0.2, -0.15) is 0 Å². The van der Waals surface area contributed by atoms with Crippen molar-refractivity contribution < 1.29 is 28.0 Å². The van der Waals surface area contributed by atoms with Crippen LogP contribution in [0.4, 0.5) is 0 Å². The van der Waals surface area contributed by atoms with Crippen molar-refractivity contribution in [1.82, 2.24) is 0 Å². The zero-order valence-corrected chi connectivity index (χ0v) is 13.9. The Morgan fingerprint density at radius 3 is 1.14 bits per heavy atom. The first kappa shape index (κ1) is 20.7. The van der Waals surface area contributed by atoms with Gasteiger partial charge in [0.15, 0.2) is 0 Å². The second kappa shape index (κ2) is 10.4. The summed E-state index contributed by atoms with van der Waals surface area (Å²) < 4.78 is 14.5. The van der Waals surface area contributed by atoms with Crippen LogP contribution < -0.4 is 17.2 Å². The van der Waals surface area contributed by atoms with Crippen molar-refractivity contribution in [2.24, 2.45) is 17.2 Å². The van der Waals surface area contributed by atoms with E-state index in [4.69, 9.17) is 30.8 Å². The average Bonchev–Trinajstić information content (AvgIpc) is 2.51. The molecule has 0 radical (unpaired) electrons. The predicted molar refractivity (Wildman–Crippen MR) is 80.0 cm³/mol. The van der Waals surface area contributed by atoms with E-state index in [0.29, 0.717) is 19.3 Å². The number of carbonyl (C=O) groups is 3. The van der Waals surface area contributed by atoms with E-state index in [0.717, 1.165) is 0 Å². The van der Waals surface area contributed by atoms with Crippen molar-refractivity contribution in [2.75, 3.05) is 0 Å². The van der Waals surface area contributed by atoms with E-state index in [2.05, 4.69) is 0 Å². The molecule has 10 heteroatoms. The average molecular weight is 337 g/mol. The normalized spacial score (nSPS) is 16.1. The first-order valence-electron chi connectivity index (χ1n) is 6.98. The summed E-state index contributed by atoms with van der Waals surface area (Å²) in [4.78, 5) is 35.0. The van der Waals surface area contributed by atoms with Gasteiger partial charge in [-0.3, -0.25) is 0 Å². The van der Waals surface area contributed by atoms with E-state index in [-0.39, 0.29) is 0 Å². The van der Waals surface area contributed by atoms with E-state index in [1.807, 2.05) is 0 Å². The fourth-order valence-corrected chi connectivity index (χ4v) is 1.94. The molecule has 3 unspecified atom stereocenters. The topological polar surface area (TPSA) is 157 Å². The van der Waals surface area contributed by atoms with Gasteiger partial charge in [0, 0.05) is 0 Å². The van der Waals surface area contributed by atoms with Crippen molar-refractivity contribution in [2.45, 2.75) is 58.2 Å². The van der Waals surface area contributed by atoms with Gasteiger partial charge in [0.2, 0.25) is 0 Å². The fourth-order valence-electron chi connectivity index (χ4n) is 0.979. The minimum Gasteiger partial charge on any atom is -0.374 e. The van der Waals surface area contributed by atoms with Gasteiger partial charge in [-0.25, -0.2) is 14.4 Å². The maximum absolute atomic E-state index is 11.7. The van der Waals surface area contributed by atoms with E-state index < -0.39 is 44.6 Å². The summed E-state index contributed by atoms with van der Waals surface area (Å²) in [6.45, 7) is 5.02. The standard InChI is InChI=1S/C12H24N3O6P/c1-4-7(13)10(16)19-22(20-11(17)8(14)5-2)21-12(18)9(15)6-3/h7-9H,4-6,13-15H2,1-3H3. The van der Waals surface area contributed by atoms with E-state index in [1.54, 1.807) is 20.8 Å². The zero-order chi connectivity index (χ0) is 17.3. The van der Waals surface area contributed by atoms with Gasteiger partial charge in [0.05, 0.1) is 0 Å². The third kappa shape index (κ3) is 7.13. The summed E-state index contributed by atoms with van der Waals surface area (Å²) in [5.41, 5.74) is 16.5. The molecule has 6 N–H and O–H groups in total. The summed E-state index contributed by atoms with van der Waals surface area (Å²) >= 11 is 0. The molecule has 0 rings (SSSR count). The SMILES string of the molecule is CCC(N)C(=O)OP(OC(=O)C(N)CC)OC(=O)C(N)CC. The van der Waals surface area contributed by atoms with Crippen LogP contribution in [0.5, 0.6) is 0 Å². The van der Waals surface area contributed by atoms with Crippen molar-refractivity contribution in [3.05, 3.63) is 0 Å². The number of hydrogen-bond donors (Lipinski definition) is 3. The Morgan fingerprint density at radius 2 is 0.955 bits per heavy atom. The lowest BCUT2D eigenvalue weighted by Crippen LogP contribution is -2.35. The van der Waals surface area contributed by atoms with Crippen LogP contribution in [0.1, 0.15) is 40.0 Å². The zero-order valence-electron chi connectivity index (χ0n) is 13.0. The fraction of sp³-hybridized carbons (Fsp3) is 0.750. The minimum atomic E-state index is -2.58. The van der Waals surface area contributed by atoms with E-state index in [1.165, 1.54) is 0 Å². The minimum absolute atomic E-state index is 0.312. The van der Waals surface area contributed by atoms with Crippen LogP contribution in [-0.2, 0) is 28.0 Å². The highest BCUT2D eigenvalue weighted by Crippen LogP contribution is 2.41. The number of rotatable bonds is 9. The third-order valence-electron chi connectivity index (χ3n) is 2.72. The number of nitrogens with two attached hydrogens (primary N) is 3. The quantitative estimate of drug-likeness (QED) is 0.494. The molecule has 0 aliphatic carbocycles. The van der Waals surface area contributed by atoms with Crippen LogP contribution in [0.15, 0.2) is 0 Å². The number of hydrogen-bond acceptors (Lipinski definition) is 9. The Bertz CT molecular complexity index is 338. The molecular weight excluding hydrogens is 313 g/mol. The highest BCUT2D eigenvalue weighted by molar-refractivity contribution is 7.43. The van der Waals surface area contributed by atoms with Gasteiger partial charge in [-0.1, -0.05) is 20.8 Å². The molecule has 3 atom stereocenters. The molecule has 0 amide bonds. The molecule has 0 aromatic heterocycles. The molecule has 22 heavy (non-hydrogen) atoms. The van der Waals surface area contributed by atoms with Crippen molar-refractivity contribution in [1.29, 1.82) is 0 Å². The first-order valence-corrected chi connectivity index (χ1v) is 8.08. The van der Waals surface area contributed by atoms with Gasteiger partial charge in [0.25, 0.3) is 0 Å². The predicted octanol–water partition coefficient (Wildman–Crippen LogP) is 0.0548. The monoisotopic (exact) mass is 337 g/mol. The van der Waals surface area contributed by atoms with Gasteiger partial charge in [-0.15, -0.1) is 0 Å². The smallest absolute Gasteiger partial charge is 0.374 e. The van der Waals surface area contributed by atoms with Crippen LogP contribution >= 0.6 is 8.60 Å². The molecule has 0 aromatic rings. The molecule has 0 bridgehead atoms. The van der Waals surface area contributed by atoms with E-state index >= 15 is 0 Å². The van der Waals surface area contributed by atoms with Gasteiger partial charge in [-0.05, 0) is 19.3 Å². The lowest BCUT2D eigenvalue weighted by Gasteiger charge is -2.19. The van der Waals surface area contributed by atoms with Crippen LogP contribution in [0.25, 0.3) is 0 Å². The molecule has 0 aromatic carbocycles. The largest absolute Gasteiger partial charge is 0.537 e. The Kier molecular flexibility index (Phi) is 9.84. The Hall–Kier alpha value is -1.28. The molecule has 0 aliphatic heterocycles. The summed E-state index contributed by atoms with van der Waals surface area (Å²) in [5, 5.41) is 0. The molecule has 0 heterocycles. The summed E-state index contributed by atoms with van der Waals surface area (Å²) in [6.07, 6.45) is 0.937. The summed E-state index contributed by atoms with van der Waals surface area (Å²) in [6, 6.07) is -2.74. The van der Waals surface area contributed by atoms with Crippen molar-refractivity contribution in [3.8, 4) is 0 Å². The molecule has 0 aliphatic rings. The second-order valence-corrected chi connectivity index (χ2v) is 5.49. The van der Waals surface area contributed by atoms with Crippen LogP contribution in [0.2, 0.25) is 0 Å². The van der Waals surface area contributed by atoms with Gasteiger partial charge in [0.1, 0.15) is 18.1 Å². The van der Waals surface area contributed by atoms with E-state index in [9.17, 15) is 14.4 Å². The number of carbonyl (C=O) groups excluding carboxylic acids is 3. The van der Waals surface area contributed by atoms with Crippen LogP contribution in [-0.4, -0.2) is 36.0 Å². The second-order valence-electron chi connectivity index (χ2n) is 4.50. The molecule has 0 spiro atoms. The maximum Gasteiger partial charge on any atom is 0.537 e. The van der Waals surface area contributed by atoms with Crippen molar-refractivity contribution in [3.63, 3.8) is 0 Å². The highest BCUT2D eigenvalue weighted by atomic mass is 31.2. The molecule has 9 nitrogen and oxygen atoms in total. The Labute approximate surface area is 130 Å². The molecule has 0 saturated carbocycles. The van der Waals surface area contributed by atoms with Crippen LogP contribution in [0, 0.1) is 0 Å². The van der Waals surface area contributed by atoms with Crippen LogP contribution in [0.3, 0.4) is 0 Å². The molecule has 0 fully saturated rings. The third-order valence-corrected chi connectivity index (χ3v) is 3.71.